The molecule has 0 aromatic heterocycles. The molecule has 1 heterocycles. The standard InChI is InChI=1S/C13H24N2O/c1-13(2)7-6-10(8-13)14-11-4-5-12(16)15(3)9-11/h10-11,14H,4-9H2,1-3H3. The number of carbonyl (C=O) groups is 1. The van der Waals surface area contributed by atoms with Crippen LogP contribution in [0.3, 0.4) is 0 Å². The fraction of sp³-hybridized carbons (Fsp3) is 0.923. The van der Waals surface area contributed by atoms with E-state index in [-0.39, 0.29) is 0 Å². The van der Waals surface area contributed by atoms with Crippen LogP contribution in [0.2, 0.25) is 0 Å². The van der Waals surface area contributed by atoms with E-state index in [4.69, 9.17) is 0 Å². The smallest absolute Gasteiger partial charge is 0.222 e. The lowest BCUT2D eigenvalue weighted by Crippen LogP contribution is -2.49. The van der Waals surface area contributed by atoms with E-state index in [9.17, 15) is 4.79 Å². The zero-order valence-electron chi connectivity index (χ0n) is 10.8. The zero-order chi connectivity index (χ0) is 11.8. The van der Waals surface area contributed by atoms with Crippen LogP contribution in [0.15, 0.2) is 0 Å². The third-order valence-corrected chi connectivity index (χ3v) is 4.07. The second-order valence-corrected chi connectivity index (χ2v) is 6.28. The maximum Gasteiger partial charge on any atom is 0.222 e. The van der Waals surface area contributed by atoms with Gasteiger partial charge in [0.2, 0.25) is 5.91 Å². The van der Waals surface area contributed by atoms with Gasteiger partial charge in [-0.3, -0.25) is 4.79 Å². The van der Waals surface area contributed by atoms with Gasteiger partial charge in [-0.15, -0.1) is 0 Å². The van der Waals surface area contributed by atoms with E-state index < -0.39 is 0 Å². The van der Waals surface area contributed by atoms with Gasteiger partial charge in [-0.2, -0.15) is 0 Å². The molecule has 3 heteroatoms. The van der Waals surface area contributed by atoms with Crippen molar-refractivity contribution < 1.29 is 4.79 Å². The van der Waals surface area contributed by atoms with Crippen LogP contribution < -0.4 is 5.32 Å². The molecule has 1 saturated heterocycles. The molecule has 2 unspecified atom stereocenters. The van der Waals surface area contributed by atoms with Gasteiger partial charge in [0.1, 0.15) is 0 Å². The number of hydrogen-bond donors (Lipinski definition) is 1. The second kappa shape index (κ2) is 4.36. The number of carbonyl (C=O) groups excluding carboxylic acids is 1. The van der Waals surface area contributed by atoms with E-state index in [1.807, 2.05) is 11.9 Å². The Bertz CT molecular complexity index is 275. The molecule has 1 amide bonds. The topological polar surface area (TPSA) is 32.3 Å². The molecule has 1 aliphatic carbocycles. The van der Waals surface area contributed by atoms with Crippen LogP contribution in [0, 0.1) is 5.41 Å². The van der Waals surface area contributed by atoms with Crippen molar-refractivity contribution in [3.8, 4) is 0 Å². The van der Waals surface area contributed by atoms with Crippen molar-refractivity contribution in [3.63, 3.8) is 0 Å². The zero-order valence-corrected chi connectivity index (χ0v) is 10.8. The fourth-order valence-electron chi connectivity index (χ4n) is 3.06. The Morgan fingerprint density at radius 1 is 1.31 bits per heavy atom. The molecule has 2 atom stereocenters. The van der Waals surface area contributed by atoms with Crippen molar-refractivity contribution in [2.24, 2.45) is 5.41 Å². The summed E-state index contributed by atoms with van der Waals surface area (Å²) in [5.41, 5.74) is 0.508. The first-order valence-corrected chi connectivity index (χ1v) is 6.46. The second-order valence-electron chi connectivity index (χ2n) is 6.28. The summed E-state index contributed by atoms with van der Waals surface area (Å²) in [7, 11) is 1.91. The minimum Gasteiger partial charge on any atom is -0.344 e. The molecule has 1 saturated carbocycles. The summed E-state index contributed by atoms with van der Waals surface area (Å²) in [6, 6.07) is 1.18. The number of likely N-dealkylation sites (tertiary alicyclic amines) is 1. The van der Waals surface area contributed by atoms with Crippen LogP contribution in [0.1, 0.15) is 46.0 Å². The van der Waals surface area contributed by atoms with Crippen molar-refractivity contribution >= 4 is 5.91 Å². The first-order chi connectivity index (χ1) is 7.46. The Morgan fingerprint density at radius 3 is 2.62 bits per heavy atom. The largest absolute Gasteiger partial charge is 0.344 e. The number of nitrogens with zero attached hydrogens (tertiary/aromatic N) is 1. The lowest BCUT2D eigenvalue weighted by Gasteiger charge is -2.32. The van der Waals surface area contributed by atoms with Crippen molar-refractivity contribution in [1.29, 1.82) is 0 Å². The number of hydrogen-bond acceptors (Lipinski definition) is 2. The van der Waals surface area contributed by atoms with Gasteiger partial charge in [-0.25, -0.2) is 0 Å². The summed E-state index contributed by atoms with van der Waals surface area (Å²) >= 11 is 0. The number of likely N-dealkylation sites (N-methyl/N-ethyl adjacent to an activating group) is 1. The average molecular weight is 224 g/mol. The van der Waals surface area contributed by atoms with Gasteiger partial charge in [-0.05, 0) is 31.1 Å². The SMILES string of the molecule is CN1CC(NC2CCC(C)(C)C2)CCC1=O. The predicted molar refractivity (Wildman–Crippen MR) is 65.2 cm³/mol. The Balaban J connectivity index is 1.80. The molecule has 0 spiro atoms. The van der Waals surface area contributed by atoms with Crippen molar-refractivity contribution in [3.05, 3.63) is 0 Å². The van der Waals surface area contributed by atoms with E-state index in [1.54, 1.807) is 0 Å². The quantitative estimate of drug-likeness (QED) is 0.775. The molecule has 0 aromatic rings. The Labute approximate surface area is 98.6 Å². The van der Waals surface area contributed by atoms with Gasteiger partial charge >= 0.3 is 0 Å². The third-order valence-electron chi connectivity index (χ3n) is 4.07. The molecule has 0 radical (unpaired) electrons. The summed E-state index contributed by atoms with van der Waals surface area (Å²) in [5, 5.41) is 3.73. The molecule has 1 aliphatic heterocycles. The van der Waals surface area contributed by atoms with E-state index in [1.165, 1.54) is 19.3 Å². The van der Waals surface area contributed by atoms with Crippen molar-refractivity contribution in [1.82, 2.24) is 10.2 Å². The molecule has 2 aliphatic rings. The molecule has 92 valence electrons. The summed E-state index contributed by atoms with van der Waals surface area (Å²) in [5.74, 6) is 0.296. The number of piperidine rings is 1. The monoisotopic (exact) mass is 224 g/mol. The molecular weight excluding hydrogens is 200 g/mol. The van der Waals surface area contributed by atoms with Crippen LogP contribution >= 0.6 is 0 Å². The van der Waals surface area contributed by atoms with Crippen LogP contribution in [-0.2, 0) is 4.79 Å². The molecule has 1 N–H and O–H groups in total. The Kier molecular flexibility index (Phi) is 3.24. The molecule has 2 rings (SSSR count). The maximum atomic E-state index is 11.4. The van der Waals surface area contributed by atoms with Crippen LogP contribution in [0.25, 0.3) is 0 Å². The average Bonchev–Trinajstić information content (AvgIpc) is 2.52. The summed E-state index contributed by atoms with van der Waals surface area (Å²) in [6.45, 7) is 5.59. The number of amides is 1. The lowest BCUT2D eigenvalue weighted by molar-refractivity contribution is -0.132. The summed E-state index contributed by atoms with van der Waals surface area (Å²) < 4.78 is 0. The number of nitrogens with one attached hydrogen (secondary N) is 1. The minimum atomic E-state index is 0.296. The van der Waals surface area contributed by atoms with Gasteiger partial charge in [0.15, 0.2) is 0 Å². The third kappa shape index (κ3) is 2.76. The lowest BCUT2D eigenvalue weighted by atomic mass is 9.91. The highest BCUT2D eigenvalue weighted by molar-refractivity contribution is 5.76. The van der Waals surface area contributed by atoms with Gasteiger partial charge in [0.25, 0.3) is 0 Å². The molecular formula is C13H24N2O. The predicted octanol–water partition coefficient (Wildman–Crippen LogP) is 1.78. The number of rotatable bonds is 2. The molecule has 2 fully saturated rings. The molecule has 16 heavy (non-hydrogen) atoms. The highest BCUT2D eigenvalue weighted by Gasteiger charge is 2.33. The highest BCUT2D eigenvalue weighted by Crippen LogP contribution is 2.37. The van der Waals surface area contributed by atoms with Crippen LogP contribution in [0.4, 0.5) is 0 Å². The maximum absolute atomic E-state index is 11.4. The normalized spacial score (nSPS) is 34.4. The highest BCUT2D eigenvalue weighted by atomic mass is 16.2. The first kappa shape index (κ1) is 11.9. The van der Waals surface area contributed by atoms with Crippen LogP contribution in [-0.4, -0.2) is 36.5 Å². The molecule has 0 aromatic carbocycles. The van der Waals surface area contributed by atoms with Crippen molar-refractivity contribution in [2.45, 2.75) is 58.0 Å². The van der Waals surface area contributed by atoms with E-state index in [0.717, 1.165) is 13.0 Å². The summed E-state index contributed by atoms with van der Waals surface area (Å²) in [6.07, 6.45) is 5.62. The van der Waals surface area contributed by atoms with Gasteiger partial charge in [-0.1, -0.05) is 13.8 Å². The van der Waals surface area contributed by atoms with Crippen molar-refractivity contribution in [2.75, 3.05) is 13.6 Å². The van der Waals surface area contributed by atoms with E-state index in [2.05, 4.69) is 19.2 Å². The van der Waals surface area contributed by atoms with E-state index in [0.29, 0.717) is 29.8 Å². The fourth-order valence-corrected chi connectivity index (χ4v) is 3.06. The summed E-state index contributed by atoms with van der Waals surface area (Å²) in [4.78, 5) is 13.2. The minimum absolute atomic E-state index is 0.296. The molecule has 0 bridgehead atoms. The first-order valence-electron chi connectivity index (χ1n) is 6.46. The van der Waals surface area contributed by atoms with Gasteiger partial charge in [0, 0.05) is 32.1 Å². The van der Waals surface area contributed by atoms with Gasteiger partial charge in [0.05, 0.1) is 0 Å². The van der Waals surface area contributed by atoms with Crippen LogP contribution in [0.5, 0.6) is 0 Å². The Hall–Kier alpha value is -0.570. The van der Waals surface area contributed by atoms with E-state index >= 15 is 0 Å². The van der Waals surface area contributed by atoms with Gasteiger partial charge < -0.3 is 10.2 Å². The molecule has 3 nitrogen and oxygen atoms in total. The Morgan fingerprint density at radius 2 is 2.06 bits per heavy atom.